The summed E-state index contributed by atoms with van der Waals surface area (Å²) in [7, 11) is -1.87. The highest BCUT2D eigenvalue weighted by molar-refractivity contribution is 6.74. The molecule has 4 bridgehead atoms. The van der Waals surface area contributed by atoms with Crippen LogP contribution in [0.2, 0.25) is 18.1 Å². The maximum Gasteiger partial charge on any atom is 0.358 e. The molecule has 3 heterocycles. The lowest BCUT2D eigenvalue weighted by Crippen LogP contribution is -2.65. The molecule has 0 spiro atoms. The Morgan fingerprint density at radius 1 is 0.930 bits per heavy atom. The van der Waals surface area contributed by atoms with E-state index < -0.39 is 25.9 Å². The Labute approximate surface area is 341 Å². The number of carboxylic acid groups (broad SMARTS) is 1. The average Bonchev–Trinajstić information content (AvgIpc) is 3.46. The molecule has 0 amide bonds. The maximum atomic E-state index is 14.0. The van der Waals surface area contributed by atoms with Crippen LogP contribution in [-0.4, -0.2) is 71.1 Å². The molecule has 3 atom stereocenters. The highest BCUT2D eigenvalue weighted by Gasteiger charge is 2.67. The molecular weight excluding hydrogens is 733 g/mol. The zero-order valence-electron chi connectivity index (χ0n) is 36.6. The van der Waals surface area contributed by atoms with Crippen LogP contribution in [-0.2, 0) is 26.9 Å². The molecule has 1 aliphatic heterocycles. The molecule has 4 fully saturated rings. The molecule has 11 heteroatoms. The van der Waals surface area contributed by atoms with Gasteiger partial charge in [0.05, 0.1) is 36.6 Å². The average molecular weight is 799 g/mol. The van der Waals surface area contributed by atoms with Gasteiger partial charge < -0.3 is 23.9 Å². The van der Waals surface area contributed by atoms with E-state index in [-0.39, 0.29) is 38.6 Å². The van der Waals surface area contributed by atoms with Crippen LogP contribution in [0.4, 0.5) is 5.82 Å². The van der Waals surface area contributed by atoms with Crippen LogP contribution in [0.3, 0.4) is 0 Å². The number of carbonyl (C=O) groups excluding carboxylic acids is 1. The third-order valence-electron chi connectivity index (χ3n) is 14.2. The fraction of sp³-hybridized carbons (Fsp3) is 0.652. The maximum absolute atomic E-state index is 14.0. The quantitative estimate of drug-likeness (QED) is 0.115. The van der Waals surface area contributed by atoms with Gasteiger partial charge >= 0.3 is 11.9 Å². The first-order valence-corrected chi connectivity index (χ1v) is 23.9. The topological polar surface area (TPSA) is 116 Å². The molecule has 4 aliphatic carbocycles. The van der Waals surface area contributed by atoms with E-state index in [1.165, 1.54) is 6.42 Å². The largest absolute Gasteiger partial charge is 0.478 e. The number of carboxylic acids is 1. The lowest BCUT2D eigenvalue weighted by Gasteiger charge is -2.70. The van der Waals surface area contributed by atoms with E-state index in [0.29, 0.717) is 49.7 Å². The Hall–Kier alpha value is -3.54. The van der Waals surface area contributed by atoms with Crippen LogP contribution in [0, 0.1) is 23.2 Å². The van der Waals surface area contributed by atoms with Crippen LogP contribution in [0.15, 0.2) is 36.5 Å². The van der Waals surface area contributed by atoms with Crippen molar-refractivity contribution < 1.29 is 28.6 Å². The second-order valence-electron chi connectivity index (χ2n) is 21.4. The van der Waals surface area contributed by atoms with Gasteiger partial charge in [0.2, 0.25) is 0 Å². The smallest absolute Gasteiger partial charge is 0.358 e. The summed E-state index contributed by atoms with van der Waals surface area (Å²) < 4.78 is 21.8. The number of aromatic carboxylic acids is 1. The van der Waals surface area contributed by atoms with Crippen molar-refractivity contribution in [3.63, 3.8) is 0 Å². The number of pyridine rings is 1. The minimum absolute atomic E-state index is 0.00203. The Kier molecular flexibility index (Phi) is 10.3. The SMILES string of the molecule is Cc1c(-c2ccc(N3CCc4cccc(C(=O)O)c4C3)nc2C(=O)OC(C)(C)C)cnn1C(C)C12CC3(C)CC(C)(CC(OCCO[Si](C)(C)C(C)(C)C)(C3)C1)C2. The second-order valence-corrected chi connectivity index (χ2v) is 26.2. The number of anilines is 1. The van der Waals surface area contributed by atoms with Crippen molar-refractivity contribution in [2.45, 2.75) is 156 Å². The number of fused-ring (bicyclic) bond motifs is 1. The first kappa shape index (κ1) is 41.6. The van der Waals surface area contributed by atoms with E-state index in [9.17, 15) is 14.7 Å². The first-order chi connectivity index (χ1) is 26.4. The summed E-state index contributed by atoms with van der Waals surface area (Å²) in [6, 6.07) is 9.45. The summed E-state index contributed by atoms with van der Waals surface area (Å²) in [5.74, 6) is -0.833. The van der Waals surface area contributed by atoms with Gasteiger partial charge in [0, 0.05) is 29.9 Å². The van der Waals surface area contributed by atoms with Gasteiger partial charge in [-0.3, -0.25) is 4.68 Å². The highest BCUT2D eigenvalue weighted by Crippen LogP contribution is 2.74. The van der Waals surface area contributed by atoms with E-state index >= 15 is 0 Å². The molecule has 1 N–H and O–H groups in total. The van der Waals surface area contributed by atoms with Crippen LogP contribution in [0.25, 0.3) is 11.1 Å². The Balaban J connectivity index is 1.19. The zero-order chi connectivity index (χ0) is 41.6. The van der Waals surface area contributed by atoms with Gasteiger partial charge in [-0.1, -0.05) is 46.8 Å². The molecule has 8 rings (SSSR count). The van der Waals surface area contributed by atoms with E-state index in [1.807, 2.05) is 45.2 Å². The number of ether oxygens (including phenoxy) is 2. The van der Waals surface area contributed by atoms with Gasteiger partial charge in [-0.15, -0.1) is 0 Å². The van der Waals surface area contributed by atoms with Gasteiger partial charge in [-0.2, -0.15) is 5.10 Å². The van der Waals surface area contributed by atoms with Crippen molar-refractivity contribution in [2.24, 2.45) is 16.2 Å². The van der Waals surface area contributed by atoms with Crippen LogP contribution >= 0.6 is 0 Å². The van der Waals surface area contributed by atoms with Gasteiger partial charge in [0.25, 0.3) is 0 Å². The highest BCUT2D eigenvalue weighted by atomic mass is 28.4. The molecule has 0 radical (unpaired) electrons. The normalized spacial score (nSPS) is 27.7. The van der Waals surface area contributed by atoms with Gasteiger partial charge in [0.15, 0.2) is 14.0 Å². The fourth-order valence-electron chi connectivity index (χ4n) is 11.7. The summed E-state index contributed by atoms with van der Waals surface area (Å²) in [4.78, 5) is 33.1. The first-order valence-electron chi connectivity index (χ1n) is 21.0. The third kappa shape index (κ3) is 7.85. The second kappa shape index (κ2) is 14.0. The van der Waals surface area contributed by atoms with Gasteiger partial charge in [-0.25, -0.2) is 14.6 Å². The molecule has 4 saturated carbocycles. The molecule has 3 aromatic rings. The predicted molar refractivity (Wildman–Crippen MR) is 226 cm³/mol. The number of carbonyl (C=O) groups is 2. The Morgan fingerprint density at radius 2 is 1.61 bits per heavy atom. The molecular formula is C46H66N4O6Si. The summed E-state index contributed by atoms with van der Waals surface area (Å²) >= 11 is 0. The van der Waals surface area contributed by atoms with Crippen molar-refractivity contribution in [3.05, 3.63) is 64.6 Å². The van der Waals surface area contributed by atoms with Crippen molar-refractivity contribution >= 4 is 26.1 Å². The lowest BCUT2D eigenvalue weighted by atomic mass is 9.38. The van der Waals surface area contributed by atoms with Crippen molar-refractivity contribution in [1.82, 2.24) is 14.8 Å². The molecule has 2 aromatic heterocycles. The van der Waals surface area contributed by atoms with Crippen LogP contribution in [0.1, 0.15) is 145 Å². The number of nitrogens with zero attached hydrogens (tertiary/aromatic N) is 4. The van der Waals surface area contributed by atoms with E-state index in [4.69, 9.17) is 24.0 Å². The molecule has 10 nitrogen and oxygen atoms in total. The number of hydrogen-bond acceptors (Lipinski definition) is 8. The number of hydrogen-bond donors (Lipinski definition) is 1. The monoisotopic (exact) mass is 798 g/mol. The molecule has 0 saturated heterocycles. The van der Waals surface area contributed by atoms with Crippen molar-refractivity contribution in [1.29, 1.82) is 0 Å². The van der Waals surface area contributed by atoms with E-state index in [1.54, 1.807) is 12.1 Å². The van der Waals surface area contributed by atoms with Gasteiger partial charge in [0.1, 0.15) is 11.4 Å². The lowest BCUT2D eigenvalue weighted by molar-refractivity contribution is -0.255. The van der Waals surface area contributed by atoms with E-state index in [2.05, 4.69) is 71.1 Å². The number of esters is 1. The predicted octanol–water partition coefficient (Wildman–Crippen LogP) is 10.2. The summed E-state index contributed by atoms with van der Waals surface area (Å²) in [6.07, 6.45) is 9.25. The number of aromatic nitrogens is 3. The third-order valence-corrected chi connectivity index (χ3v) is 18.8. The van der Waals surface area contributed by atoms with Crippen molar-refractivity contribution in [2.75, 3.05) is 24.7 Å². The Morgan fingerprint density at radius 3 is 2.25 bits per heavy atom. The van der Waals surface area contributed by atoms with Gasteiger partial charge in [-0.05, 0) is 143 Å². The summed E-state index contributed by atoms with van der Waals surface area (Å²) in [5.41, 5.74) is 4.34. The molecule has 5 aliphatic rings. The minimum atomic E-state index is -1.87. The molecule has 1 aromatic carbocycles. The zero-order valence-corrected chi connectivity index (χ0v) is 37.6. The molecule has 57 heavy (non-hydrogen) atoms. The minimum Gasteiger partial charge on any atom is -0.478 e. The number of benzene rings is 1. The number of rotatable bonds is 11. The van der Waals surface area contributed by atoms with Crippen LogP contribution < -0.4 is 4.90 Å². The fourth-order valence-corrected chi connectivity index (χ4v) is 12.7. The van der Waals surface area contributed by atoms with E-state index in [0.717, 1.165) is 54.5 Å². The summed E-state index contributed by atoms with van der Waals surface area (Å²) in [5, 5.41) is 15.2. The summed E-state index contributed by atoms with van der Waals surface area (Å²) in [6.45, 7) is 28.8. The Bertz CT molecular complexity index is 2040. The van der Waals surface area contributed by atoms with Crippen molar-refractivity contribution in [3.8, 4) is 11.1 Å². The standard InChI is InChI=1S/C46H66N4O6Si/c1-30-35(33-16-17-37(48-38(33)40(53)56-41(3,4)5)49-19-18-32-14-13-15-34(39(51)52)36(32)23-49)22-47-50(30)31(2)45-25-43(9)24-44(10,26-45)28-46(27-43,29-45)54-20-21-55-57(11,12)42(6,7)8/h13-17,22,31H,18-21,23-29H2,1-12H3,(H,51,52). The molecule has 3 unspecified atom stereocenters. The van der Waals surface area contributed by atoms with Crippen LogP contribution in [0.5, 0.6) is 0 Å². The molecule has 310 valence electrons.